The smallest absolute Gasteiger partial charge is 0.416 e. The molecule has 48 heavy (non-hydrogen) atoms. The molecule has 1 heterocycles. The number of halogens is 3. The van der Waals surface area contributed by atoms with E-state index in [9.17, 15) is 27.9 Å². The molecular weight excluding hydrogens is 623 g/mol. The van der Waals surface area contributed by atoms with Gasteiger partial charge in [-0.05, 0) is 88.9 Å². The maximum atomic E-state index is 14.4. The Labute approximate surface area is 283 Å². The molecule has 1 saturated carbocycles. The highest BCUT2D eigenvalue weighted by Crippen LogP contribution is 2.31. The predicted molar refractivity (Wildman–Crippen MR) is 180 cm³/mol. The lowest BCUT2D eigenvalue weighted by molar-refractivity contribution is -0.137. The van der Waals surface area contributed by atoms with Gasteiger partial charge in [0.1, 0.15) is 5.75 Å². The van der Waals surface area contributed by atoms with E-state index in [0.717, 1.165) is 69.1 Å². The SMILES string of the molecule is C[C@@H]1CN([C@@H](C)CO)C(=O)c2cc(NC(=O)C3CCCCC3)ccc2O[C@@H](C)CCCCO[C@H]1CN(C)Cc1ccc(C(F)(F)F)cc1. The first kappa shape index (κ1) is 37.7. The second-order valence-corrected chi connectivity index (χ2v) is 13.7. The summed E-state index contributed by atoms with van der Waals surface area (Å²) in [7, 11) is 1.90. The van der Waals surface area contributed by atoms with Gasteiger partial charge in [-0.2, -0.15) is 13.2 Å². The second kappa shape index (κ2) is 17.5. The number of amides is 2. The lowest BCUT2D eigenvalue weighted by Gasteiger charge is -2.36. The number of alkyl halides is 3. The number of benzene rings is 2. The Morgan fingerprint density at radius 1 is 1.04 bits per heavy atom. The summed E-state index contributed by atoms with van der Waals surface area (Å²) >= 11 is 0. The normalized spacial score (nSPS) is 22.8. The Hall–Kier alpha value is -3.15. The van der Waals surface area contributed by atoms with Crippen molar-refractivity contribution in [3.8, 4) is 5.75 Å². The third-order valence-corrected chi connectivity index (χ3v) is 9.52. The quantitative estimate of drug-likeness (QED) is 0.309. The topological polar surface area (TPSA) is 91.3 Å². The number of carbonyl (C=O) groups excluding carboxylic acids is 2. The molecule has 2 N–H and O–H groups in total. The molecule has 0 radical (unpaired) electrons. The van der Waals surface area contributed by atoms with Gasteiger partial charge in [-0.15, -0.1) is 0 Å². The molecule has 11 heteroatoms. The van der Waals surface area contributed by atoms with Crippen LogP contribution >= 0.6 is 0 Å². The van der Waals surface area contributed by atoms with Gasteiger partial charge in [0.15, 0.2) is 0 Å². The van der Waals surface area contributed by atoms with Crippen LogP contribution in [0.1, 0.15) is 93.6 Å². The number of nitrogens with one attached hydrogen (secondary N) is 1. The summed E-state index contributed by atoms with van der Waals surface area (Å²) in [6.45, 7) is 7.24. The molecule has 2 aromatic carbocycles. The Kier molecular flexibility index (Phi) is 13.7. The number of nitrogens with zero attached hydrogens (tertiary/aromatic N) is 2. The highest BCUT2D eigenvalue weighted by atomic mass is 19.4. The molecule has 0 spiro atoms. The third-order valence-electron chi connectivity index (χ3n) is 9.52. The van der Waals surface area contributed by atoms with Crippen LogP contribution in [0.5, 0.6) is 5.75 Å². The summed E-state index contributed by atoms with van der Waals surface area (Å²) < 4.78 is 51.9. The maximum Gasteiger partial charge on any atom is 0.416 e. The zero-order valence-corrected chi connectivity index (χ0v) is 28.7. The average molecular weight is 676 g/mol. The van der Waals surface area contributed by atoms with Gasteiger partial charge in [0.25, 0.3) is 5.91 Å². The van der Waals surface area contributed by atoms with Gasteiger partial charge in [-0.1, -0.05) is 38.3 Å². The van der Waals surface area contributed by atoms with Crippen molar-refractivity contribution in [1.29, 1.82) is 0 Å². The number of aliphatic hydroxyl groups is 1. The number of aliphatic hydroxyl groups excluding tert-OH is 1. The average Bonchev–Trinajstić information content (AvgIpc) is 3.06. The van der Waals surface area contributed by atoms with E-state index < -0.39 is 17.8 Å². The van der Waals surface area contributed by atoms with Crippen LogP contribution in [0.15, 0.2) is 42.5 Å². The van der Waals surface area contributed by atoms with Gasteiger partial charge in [0.2, 0.25) is 5.91 Å². The Bertz CT molecular complexity index is 1330. The van der Waals surface area contributed by atoms with Crippen molar-refractivity contribution in [3.63, 3.8) is 0 Å². The van der Waals surface area contributed by atoms with E-state index in [1.54, 1.807) is 30.0 Å². The molecule has 0 unspecified atom stereocenters. The molecular formula is C37H52F3N3O5. The summed E-state index contributed by atoms with van der Waals surface area (Å²) in [4.78, 5) is 31.1. The largest absolute Gasteiger partial charge is 0.490 e. The van der Waals surface area contributed by atoms with Gasteiger partial charge in [-0.3, -0.25) is 14.5 Å². The van der Waals surface area contributed by atoms with E-state index in [2.05, 4.69) is 5.32 Å². The lowest BCUT2D eigenvalue weighted by atomic mass is 9.88. The fraction of sp³-hybridized carbons (Fsp3) is 0.622. The summed E-state index contributed by atoms with van der Waals surface area (Å²) in [5.74, 6) is -0.105. The number of carbonyl (C=O) groups is 2. The van der Waals surface area contributed by atoms with E-state index in [0.29, 0.717) is 36.7 Å². The van der Waals surface area contributed by atoms with Crippen molar-refractivity contribution in [2.24, 2.45) is 11.8 Å². The number of ether oxygens (including phenoxy) is 2. The van der Waals surface area contributed by atoms with Gasteiger partial charge < -0.3 is 24.8 Å². The highest BCUT2D eigenvalue weighted by molar-refractivity contribution is 6.00. The van der Waals surface area contributed by atoms with Crippen LogP contribution in [0.3, 0.4) is 0 Å². The van der Waals surface area contributed by atoms with Gasteiger partial charge in [0.05, 0.1) is 36.0 Å². The van der Waals surface area contributed by atoms with Crippen LogP contribution in [-0.4, -0.2) is 78.3 Å². The molecule has 4 rings (SSSR count). The molecule has 1 aliphatic heterocycles. The molecule has 0 saturated heterocycles. The maximum absolute atomic E-state index is 14.4. The van der Waals surface area contributed by atoms with Crippen LogP contribution in [0.25, 0.3) is 0 Å². The summed E-state index contributed by atoms with van der Waals surface area (Å²) in [5.41, 5.74) is 0.928. The molecule has 2 aromatic rings. The fourth-order valence-corrected chi connectivity index (χ4v) is 6.55. The Morgan fingerprint density at radius 2 is 1.73 bits per heavy atom. The predicted octanol–water partition coefficient (Wildman–Crippen LogP) is 7.15. The van der Waals surface area contributed by atoms with E-state index in [4.69, 9.17) is 9.47 Å². The molecule has 266 valence electrons. The monoisotopic (exact) mass is 675 g/mol. The number of hydrogen-bond acceptors (Lipinski definition) is 6. The van der Waals surface area contributed by atoms with Crippen molar-refractivity contribution in [2.75, 3.05) is 38.7 Å². The number of fused-ring (bicyclic) bond motifs is 1. The van der Waals surface area contributed by atoms with Crippen molar-refractivity contribution < 1.29 is 37.3 Å². The standard InChI is InChI=1S/C37H52F3N3O5/c1-25-21-43(26(2)24-44)36(46)32-20-31(41-35(45)29-11-6-5-7-12-29)17-18-33(32)48-27(3)10-8-9-19-47-34(25)23-42(4)22-28-13-15-30(16-14-28)37(38,39)40/h13-18,20,25-27,29,34,44H,5-12,19,21-24H2,1-4H3,(H,41,45)/t25-,26+,27+,34+/m1/s1. The number of rotatable bonds is 8. The molecule has 2 aliphatic rings. The summed E-state index contributed by atoms with van der Waals surface area (Å²) in [6, 6.07) is 9.88. The van der Waals surface area contributed by atoms with Crippen molar-refractivity contribution in [3.05, 3.63) is 59.2 Å². The van der Waals surface area contributed by atoms with Crippen LogP contribution in [0, 0.1) is 11.8 Å². The fourth-order valence-electron chi connectivity index (χ4n) is 6.55. The van der Waals surface area contributed by atoms with Gasteiger partial charge in [-0.25, -0.2) is 0 Å². The Balaban J connectivity index is 1.56. The lowest BCUT2D eigenvalue weighted by Crippen LogP contribution is -2.47. The van der Waals surface area contributed by atoms with Crippen molar-refractivity contribution >= 4 is 17.5 Å². The minimum atomic E-state index is -4.39. The number of likely N-dealkylation sites (N-methyl/N-ethyl adjacent to an activating group) is 1. The molecule has 4 atom stereocenters. The second-order valence-electron chi connectivity index (χ2n) is 13.7. The molecule has 0 bridgehead atoms. The first-order chi connectivity index (χ1) is 22.8. The first-order valence-corrected chi connectivity index (χ1v) is 17.3. The van der Waals surface area contributed by atoms with E-state index in [1.807, 2.05) is 25.8 Å². The number of anilines is 1. The van der Waals surface area contributed by atoms with E-state index in [-0.39, 0.29) is 49.0 Å². The molecule has 1 aliphatic carbocycles. The van der Waals surface area contributed by atoms with E-state index >= 15 is 0 Å². The Morgan fingerprint density at radius 3 is 2.40 bits per heavy atom. The minimum absolute atomic E-state index is 0.0353. The van der Waals surface area contributed by atoms with Crippen LogP contribution in [-0.2, 0) is 22.3 Å². The summed E-state index contributed by atoms with van der Waals surface area (Å²) in [5, 5.41) is 13.3. The minimum Gasteiger partial charge on any atom is -0.490 e. The zero-order valence-electron chi connectivity index (χ0n) is 28.7. The number of hydrogen-bond donors (Lipinski definition) is 2. The van der Waals surface area contributed by atoms with Crippen LogP contribution in [0.4, 0.5) is 18.9 Å². The summed E-state index contributed by atoms with van der Waals surface area (Å²) in [6.07, 6.45) is 2.51. The van der Waals surface area contributed by atoms with Gasteiger partial charge >= 0.3 is 6.18 Å². The van der Waals surface area contributed by atoms with Crippen molar-refractivity contribution in [1.82, 2.24) is 9.80 Å². The third kappa shape index (κ3) is 10.7. The molecule has 1 fully saturated rings. The van der Waals surface area contributed by atoms with Crippen molar-refractivity contribution in [2.45, 2.75) is 103 Å². The molecule has 8 nitrogen and oxygen atoms in total. The molecule has 0 aromatic heterocycles. The van der Waals surface area contributed by atoms with E-state index in [1.165, 1.54) is 12.1 Å². The molecule has 2 amide bonds. The zero-order chi connectivity index (χ0) is 34.8. The van der Waals surface area contributed by atoms with Crippen LogP contribution in [0.2, 0.25) is 0 Å². The van der Waals surface area contributed by atoms with Crippen LogP contribution < -0.4 is 10.1 Å². The highest BCUT2D eigenvalue weighted by Gasteiger charge is 2.32. The van der Waals surface area contributed by atoms with Gasteiger partial charge in [0, 0.05) is 43.8 Å². The first-order valence-electron chi connectivity index (χ1n) is 17.3.